The van der Waals surface area contributed by atoms with Gasteiger partial charge in [-0.3, -0.25) is 4.79 Å². The molecule has 6 nitrogen and oxygen atoms in total. The Bertz CT molecular complexity index is 1290. The van der Waals surface area contributed by atoms with Crippen molar-refractivity contribution < 1.29 is 32.2 Å². The molecule has 1 unspecified atom stereocenters. The van der Waals surface area contributed by atoms with Gasteiger partial charge in [-0.05, 0) is 55.5 Å². The Morgan fingerprint density at radius 1 is 1.18 bits per heavy atom. The molecule has 0 aliphatic heterocycles. The molecular weight excluding hydrogens is 437 g/mol. The number of hydrogen-bond donors (Lipinski definition) is 1. The SMILES string of the molecule is Cc1oc(-c2ccc(C(F)(F)F)cc2)nc1C(C)COc1ccc2c(ccn2CC(=O)O)c1. The van der Waals surface area contributed by atoms with E-state index in [0.29, 0.717) is 29.4 Å². The van der Waals surface area contributed by atoms with Crippen LogP contribution in [-0.2, 0) is 17.5 Å². The Morgan fingerprint density at radius 3 is 2.58 bits per heavy atom. The van der Waals surface area contributed by atoms with Crippen LogP contribution in [0.4, 0.5) is 13.2 Å². The molecule has 0 radical (unpaired) electrons. The Hall–Kier alpha value is -3.75. The minimum atomic E-state index is -4.40. The van der Waals surface area contributed by atoms with Crippen LogP contribution >= 0.6 is 0 Å². The maximum absolute atomic E-state index is 12.8. The zero-order valence-corrected chi connectivity index (χ0v) is 17.9. The number of halogens is 3. The number of rotatable bonds is 7. The smallest absolute Gasteiger partial charge is 0.416 e. The van der Waals surface area contributed by atoms with Crippen molar-refractivity contribution in [3.63, 3.8) is 0 Å². The van der Waals surface area contributed by atoms with Gasteiger partial charge in [-0.25, -0.2) is 4.98 Å². The monoisotopic (exact) mass is 458 g/mol. The van der Waals surface area contributed by atoms with Crippen molar-refractivity contribution >= 4 is 16.9 Å². The summed E-state index contributed by atoms with van der Waals surface area (Å²) in [6.07, 6.45) is -2.68. The van der Waals surface area contributed by atoms with Crippen LogP contribution in [0.25, 0.3) is 22.4 Å². The first kappa shape index (κ1) is 22.4. The predicted octanol–water partition coefficient (Wildman–Crippen LogP) is 5.89. The van der Waals surface area contributed by atoms with Gasteiger partial charge in [0.25, 0.3) is 0 Å². The largest absolute Gasteiger partial charge is 0.493 e. The first-order chi connectivity index (χ1) is 15.6. The number of benzene rings is 2. The van der Waals surface area contributed by atoms with Gasteiger partial charge in [-0.2, -0.15) is 13.2 Å². The fourth-order valence-electron chi connectivity index (χ4n) is 3.64. The number of nitrogens with zero attached hydrogens (tertiary/aromatic N) is 2. The lowest BCUT2D eigenvalue weighted by Gasteiger charge is -2.12. The maximum Gasteiger partial charge on any atom is 0.416 e. The molecule has 2 aromatic heterocycles. The van der Waals surface area contributed by atoms with E-state index in [4.69, 9.17) is 14.3 Å². The average Bonchev–Trinajstić information content (AvgIpc) is 3.34. The van der Waals surface area contributed by atoms with Crippen molar-refractivity contribution in [2.45, 2.75) is 32.5 Å². The standard InChI is InChI=1S/C24H21F3N2O4/c1-14(13-32-19-7-8-20-17(11-19)9-10-29(20)12-21(30)31)22-15(2)33-23(28-22)16-3-5-18(6-4-16)24(25,26)27/h3-11,14H,12-13H2,1-2H3,(H,30,31). The van der Waals surface area contributed by atoms with E-state index in [1.165, 1.54) is 12.1 Å². The van der Waals surface area contributed by atoms with E-state index in [0.717, 1.165) is 23.0 Å². The summed E-state index contributed by atoms with van der Waals surface area (Å²) in [7, 11) is 0. The molecule has 0 aliphatic carbocycles. The van der Waals surface area contributed by atoms with Gasteiger partial charge in [-0.15, -0.1) is 0 Å². The Balaban J connectivity index is 1.45. The van der Waals surface area contributed by atoms with Gasteiger partial charge in [-0.1, -0.05) is 6.92 Å². The first-order valence-electron chi connectivity index (χ1n) is 10.2. The second kappa shape index (κ2) is 8.65. The molecule has 0 saturated carbocycles. The quantitative estimate of drug-likeness (QED) is 0.374. The molecular formula is C24H21F3N2O4. The van der Waals surface area contributed by atoms with Crippen LogP contribution in [0, 0.1) is 6.92 Å². The second-order valence-corrected chi connectivity index (χ2v) is 7.81. The van der Waals surface area contributed by atoms with Crippen molar-refractivity contribution in [3.8, 4) is 17.2 Å². The topological polar surface area (TPSA) is 77.5 Å². The number of ether oxygens (including phenoxy) is 1. The third kappa shape index (κ3) is 4.87. The summed E-state index contributed by atoms with van der Waals surface area (Å²) in [5.41, 5.74) is 1.19. The van der Waals surface area contributed by atoms with Gasteiger partial charge in [0.1, 0.15) is 18.1 Å². The number of oxazole rings is 1. The van der Waals surface area contributed by atoms with Crippen LogP contribution in [0.15, 0.2) is 59.1 Å². The molecule has 4 rings (SSSR count). The number of aliphatic carboxylic acids is 1. The number of aromatic nitrogens is 2. The van der Waals surface area contributed by atoms with Gasteiger partial charge in [0.15, 0.2) is 0 Å². The summed E-state index contributed by atoms with van der Waals surface area (Å²) in [6, 6.07) is 11.9. The molecule has 2 aromatic carbocycles. The number of fused-ring (bicyclic) bond motifs is 1. The highest BCUT2D eigenvalue weighted by atomic mass is 19.4. The molecule has 9 heteroatoms. The Morgan fingerprint density at radius 2 is 1.91 bits per heavy atom. The number of aryl methyl sites for hydroxylation is 1. The molecule has 2 heterocycles. The van der Waals surface area contributed by atoms with Crippen LogP contribution < -0.4 is 4.74 Å². The van der Waals surface area contributed by atoms with Crippen LogP contribution in [0.3, 0.4) is 0 Å². The van der Waals surface area contributed by atoms with Gasteiger partial charge in [0, 0.05) is 28.6 Å². The van der Waals surface area contributed by atoms with Crippen molar-refractivity contribution in [2.24, 2.45) is 0 Å². The van der Waals surface area contributed by atoms with Crippen LogP contribution in [0.2, 0.25) is 0 Å². The number of carboxylic acids is 1. The van der Waals surface area contributed by atoms with Gasteiger partial charge in [0.2, 0.25) is 5.89 Å². The van der Waals surface area contributed by atoms with Gasteiger partial charge < -0.3 is 18.8 Å². The lowest BCUT2D eigenvalue weighted by Crippen LogP contribution is -2.09. The van der Waals surface area contributed by atoms with Gasteiger partial charge >= 0.3 is 12.1 Å². The minimum absolute atomic E-state index is 0.118. The van der Waals surface area contributed by atoms with E-state index >= 15 is 0 Å². The highest BCUT2D eigenvalue weighted by molar-refractivity contribution is 5.83. The summed E-state index contributed by atoms with van der Waals surface area (Å²) >= 11 is 0. The summed E-state index contributed by atoms with van der Waals surface area (Å²) in [5.74, 6) is 0.405. The second-order valence-electron chi connectivity index (χ2n) is 7.81. The van der Waals surface area contributed by atoms with Crippen LogP contribution in [-0.4, -0.2) is 27.2 Å². The highest BCUT2D eigenvalue weighted by Gasteiger charge is 2.30. The number of carbonyl (C=O) groups is 1. The zero-order chi connectivity index (χ0) is 23.8. The van der Waals surface area contributed by atoms with Crippen molar-refractivity contribution in [1.82, 2.24) is 9.55 Å². The molecule has 0 spiro atoms. The third-order valence-corrected chi connectivity index (χ3v) is 5.31. The fraction of sp³-hybridized carbons (Fsp3) is 0.250. The van der Waals surface area contributed by atoms with E-state index in [1.54, 1.807) is 23.8 Å². The van der Waals surface area contributed by atoms with Crippen molar-refractivity contribution in [3.05, 3.63) is 71.7 Å². The number of carboxylic acid groups (broad SMARTS) is 1. The molecule has 0 fully saturated rings. The fourth-order valence-corrected chi connectivity index (χ4v) is 3.64. The maximum atomic E-state index is 12.8. The average molecular weight is 458 g/mol. The first-order valence-corrected chi connectivity index (χ1v) is 10.2. The summed E-state index contributed by atoms with van der Waals surface area (Å²) in [4.78, 5) is 15.4. The molecule has 4 aromatic rings. The summed E-state index contributed by atoms with van der Waals surface area (Å²) < 4.78 is 51.6. The van der Waals surface area contributed by atoms with E-state index in [1.807, 2.05) is 25.1 Å². The Labute approximate surface area is 187 Å². The van der Waals surface area contributed by atoms with E-state index in [2.05, 4.69) is 4.98 Å². The van der Waals surface area contributed by atoms with Crippen LogP contribution in [0.5, 0.6) is 5.75 Å². The van der Waals surface area contributed by atoms with Gasteiger partial charge in [0.05, 0.1) is 17.9 Å². The molecule has 0 amide bonds. The van der Waals surface area contributed by atoms with Crippen molar-refractivity contribution in [2.75, 3.05) is 6.61 Å². The predicted molar refractivity (Wildman–Crippen MR) is 115 cm³/mol. The lowest BCUT2D eigenvalue weighted by molar-refractivity contribution is -0.138. The minimum Gasteiger partial charge on any atom is -0.493 e. The normalized spacial score (nSPS) is 12.8. The highest BCUT2D eigenvalue weighted by Crippen LogP contribution is 2.32. The van der Waals surface area contributed by atoms with E-state index in [9.17, 15) is 18.0 Å². The molecule has 0 aliphatic rings. The summed E-state index contributed by atoms with van der Waals surface area (Å²) in [5, 5.41) is 9.85. The number of hydrogen-bond acceptors (Lipinski definition) is 4. The number of alkyl halides is 3. The zero-order valence-electron chi connectivity index (χ0n) is 17.9. The molecule has 33 heavy (non-hydrogen) atoms. The molecule has 0 saturated heterocycles. The van der Waals surface area contributed by atoms with Crippen molar-refractivity contribution in [1.29, 1.82) is 0 Å². The molecule has 1 N–H and O–H groups in total. The lowest BCUT2D eigenvalue weighted by atomic mass is 10.1. The molecule has 1 atom stereocenters. The van der Waals surface area contributed by atoms with E-state index < -0.39 is 17.7 Å². The Kier molecular flexibility index (Phi) is 5.88. The third-order valence-electron chi connectivity index (χ3n) is 5.31. The summed E-state index contributed by atoms with van der Waals surface area (Å²) in [6.45, 7) is 3.86. The molecule has 0 bridgehead atoms. The van der Waals surface area contributed by atoms with Crippen LogP contribution in [0.1, 0.15) is 29.9 Å². The van der Waals surface area contributed by atoms with E-state index in [-0.39, 0.29) is 18.4 Å². The molecule has 172 valence electrons.